The van der Waals surface area contributed by atoms with Crippen LogP contribution in [0.4, 0.5) is 0 Å². The molecule has 11 aliphatic heterocycles. The van der Waals surface area contributed by atoms with Crippen LogP contribution in [0.3, 0.4) is 0 Å². The van der Waals surface area contributed by atoms with Gasteiger partial charge in [-0.3, -0.25) is 28.8 Å². The minimum absolute atomic E-state index is 0.834. The maximum atomic E-state index is 13.4. The van der Waals surface area contributed by atoms with Crippen molar-refractivity contribution < 1.29 is 286 Å². The van der Waals surface area contributed by atoms with E-state index in [1.807, 2.05) is 0 Å². The molecule has 836 valence electrons. The van der Waals surface area contributed by atoms with Crippen molar-refractivity contribution in [3.63, 3.8) is 0 Å². The van der Waals surface area contributed by atoms with Crippen LogP contribution in [0.1, 0.15) is 54.9 Å². The number of ether oxygens (including phenoxy) is 21. The summed E-state index contributed by atoms with van der Waals surface area (Å²) in [4.78, 5) is 90.6. The lowest BCUT2D eigenvalue weighted by Gasteiger charge is -2.51. The third-order valence-corrected chi connectivity index (χ3v) is 26.3. The second-order valence-electron chi connectivity index (χ2n) is 36.7. The Kier molecular flexibility index (Phi) is 42.7. The highest BCUT2D eigenvalue weighted by molar-refractivity contribution is 5.77. The molecule has 64 nitrogen and oxygen atoms in total. The summed E-state index contributed by atoms with van der Waals surface area (Å²) in [5.74, 6) is -11.3. The summed E-state index contributed by atoms with van der Waals surface area (Å²) in [6.45, 7) is -5.18. The molecule has 56 atom stereocenters. The number of carbonyl (C=O) groups is 7. The van der Waals surface area contributed by atoms with Crippen LogP contribution in [0.15, 0.2) is 0 Å². The third-order valence-electron chi connectivity index (χ3n) is 26.3. The van der Waals surface area contributed by atoms with Crippen LogP contribution in [0, 0.1) is 0 Å². The van der Waals surface area contributed by atoms with Crippen molar-refractivity contribution in [2.75, 3.05) is 66.1 Å². The van der Waals surface area contributed by atoms with E-state index < -0.39 is 457 Å². The Labute approximate surface area is 821 Å². The molecule has 145 heavy (non-hydrogen) atoms. The fourth-order valence-corrected chi connectivity index (χ4v) is 18.8. The number of carboxylic acid groups (broad SMARTS) is 1. The summed E-state index contributed by atoms with van der Waals surface area (Å²) in [6.07, 6.45) is -109. The lowest BCUT2D eigenvalue weighted by atomic mass is 9.88. The second-order valence-corrected chi connectivity index (χ2v) is 36.7. The average molecular weight is 2120 g/mol. The number of hydrogen-bond donors (Lipinski definition) is 36. The molecule has 11 aliphatic rings. The molecule has 0 spiro atoms. The zero-order chi connectivity index (χ0) is 107. The molecule has 0 bridgehead atoms. The number of rotatable bonds is 39. The Balaban J connectivity index is 0.925. The molecule has 0 aromatic rings. The lowest BCUT2D eigenvalue weighted by Crippen LogP contribution is -2.71. The monoisotopic (exact) mass is 2120 g/mol. The summed E-state index contributed by atoms with van der Waals surface area (Å²) in [7, 11) is 0. The quantitative estimate of drug-likeness (QED) is 0.0272. The maximum Gasteiger partial charge on any atom is 0.364 e. The average Bonchev–Trinajstić information content (AvgIpc) is 0.785. The number of nitrogens with one attached hydrogen (secondary N) is 6. The number of carbonyl (C=O) groups excluding carboxylic acids is 6. The molecule has 11 rings (SSSR count). The van der Waals surface area contributed by atoms with E-state index in [4.69, 9.17) is 99.5 Å². The van der Waals surface area contributed by atoms with Crippen molar-refractivity contribution in [2.24, 2.45) is 0 Å². The van der Waals surface area contributed by atoms with Gasteiger partial charge in [-0.2, -0.15) is 0 Å². The summed E-state index contributed by atoms with van der Waals surface area (Å²) >= 11 is 0. The Morgan fingerprint density at radius 1 is 0.297 bits per heavy atom. The number of amides is 6. The molecule has 0 aliphatic carbocycles. The van der Waals surface area contributed by atoms with Crippen LogP contribution in [-0.2, 0) is 133 Å². The number of aliphatic carboxylic acids is 1. The van der Waals surface area contributed by atoms with Crippen LogP contribution >= 0.6 is 0 Å². The predicted molar refractivity (Wildman–Crippen MR) is 448 cm³/mol. The van der Waals surface area contributed by atoms with E-state index >= 15 is 0 Å². The van der Waals surface area contributed by atoms with Crippen LogP contribution in [-0.4, -0.2) is 604 Å². The van der Waals surface area contributed by atoms with Crippen molar-refractivity contribution >= 4 is 41.4 Å². The van der Waals surface area contributed by atoms with E-state index in [0.29, 0.717) is 0 Å². The number of aliphatic hydroxyl groups is 29. The van der Waals surface area contributed by atoms with Gasteiger partial charge in [0.1, 0.15) is 256 Å². The fourth-order valence-electron chi connectivity index (χ4n) is 18.8. The molecule has 0 saturated carbocycles. The zero-order valence-electron chi connectivity index (χ0n) is 78.4. The van der Waals surface area contributed by atoms with Crippen LogP contribution in [0.2, 0.25) is 0 Å². The van der Waals surface area contributed by atoms with Gasteiger partial charge in [0, 0.05) is 48.0 Å². The third kappa shape index (κ3) is 26.9. The number of aliphatic hydroxyl groups excluding tert-OH is 29. The smallest absolute Gasteiger partial charge is 0.364 e. The van der Waals surface area contributed by atoms with E-state index in [2.05, 4.69) is 31.9 Å². The van der Waals surface area contributed by atoms with Gasteiger partial charge in [0.25, 0.3) is 5.79 Å². The highest BCUT2D eigenvalue weighted by Crippen LogP contribution is 2.44. The Hall–Kier alpha value is -5.71. The van der Waals surface area contributed by atoms with Crippen LogP contribution in [0.25, 0.3) is 0 Å². The van der Waals surface area contributed by atoms with Gasteiger partial charge in [-0.15, -0.1) is 0 Å². The minimum Gasteiger partial charge on any atom is -0.477 e. The van der Waals surface area contributed by atoms with Gasteiger partial charge in [0.15, 0.2) is 62.9 Å². The first-order valence-corrected chi connectivity index (χ1v) is 46.1. The molecule has 0 aromatic carbocycles. The van der Waals surface area contributed by atoms with Gasteiger partial charge >= 0.3 is 5.97 Å². The first kappa shape index (κ1) is 120. The van der Waals surface area contributed by atoms with Gasteiger partial charge in [0.2, 0.25) is 35.4 Å². The zero-order valence-corrected chi connectivity index (χ0v) is 78.4. The molecular weight excluding hydrogens is 1980 g/mol. The summed E-state index contributed by atoms with van der Waals surface area (Å²) in [5.41, 5.74) is 0. The molecule has 0 aromatic heterocycles. The van der Waals surface area contributed by atoms with Crippen molar-refractivity contribution in [3.8, 4) is 0 Å². The molecule has 64 heteroatoms. The van der Waals surface area contributed by atoms with E-state index in [1.54, 1.807) is 0 Å². The Morgan fingerprint density at radius 3 is 1.04 bits per heavy atom. The first-order chi connectivity index (χ1) is 68.4. The first-order valence-electron chi connectivity index (χ1n) is 46.1. The summed E-state index contributed by atoms with van der Waals surface area (Å²) < 4.78 is 126. The molecule has 36 N–H and O–H groups in total. The van der Waals surface area contributed by atoms with Gasteiger partial charge in [-0.1, -0.05) is 0 Å². The van der Waals surface area contributed by atoms with E-state index in [9.17, 15) is 187 Å². The highest BCUT2D eigenvalue weighted by Gasteiger charge is 2.65. The number of carboxylic acids is 1. The molecular formula is C81H134N6O58. The fraction of sp³-hybridized carbons (Fsp3) is 0.914. The lowest BCUT2D eigenvalue weighted by molar-refractivity contribution is -0.401. The van der Waals surface area contributed by atoms with Gasteiger partial charge in [-0.25, -0.2) is 4.79 Å². The minimum atomic E-state index is -3.35. The molecule has 11 heterocycles. The maximum absolute atomic E-state index is 13.4. The summed E-state index contributed by atoms with van der Waals surface area (Å²) in [6, 6.07) is -11.6. The molecule has 11 saturated heterocycles. The molecule has 11 fully saturated rings. The van der Waals surface area contributed by atoms with Crippen molar-refractivity contribution in [3.05, 3.63) is 0 Å². The largest absolute Gasteiger partial charge is 0.477 e. The van der Waals surface area contributed by atoms with Crippen molar-refractivity contribution in [1.29, 1.82) is 0 Å². The van der Waals surface area contributed by atoms with E-state index in [1.165, 1.54) is 6.92 Å². The van der Waals surface area contributed by atoms with E-state index in [-0.39, 0.29) is 0 Å². The van der Waals surface area contributed by atoms with Crippen molar-refractivity contribution in [2.45, 2.75) is 398 Å². The SMILES string of the molecule is CC(=O)N[C@@H]1[C@@H](O)[C@H](O[C@@H]2O[C@H](CO)[C@@H](O[C@@H]3O[C@H](CO[C@H]4O[C@H](CO)[C@@H](O)[C@H](O)[C@@H]4O[C@@H]4O[C@H](CO)[C@@H](O[C@@H]5O[C@H](CO)[C@H](O)[C@H](O)[C@H]5NC(C)=O)[C@H](O)[C@H]4NC(C)=O)[C@@H](O)[C@H](O[C@H]4O[C@H](CO)[C@@H](O)[C@H](O)[C@@H]4O[C@@H]4O[C@H](CO)[C@@H](O[C@@H]5O[C@H](CO)[C@H](O)[C@H](O[C@]6(C(=O)O)C[C@H](O)[C@@H](NC(C)=O)[C@H]([C@H](O)[C@H](O)CO)O6)[C@H]5O)[C@H](O)[C@H]4NC(C)=O)[C@@H]3O)[C@H](O)[C@H]2NC(C)=O)[C@@H](CO[C@H]2O[C@H](C)[C@H](O)[C@H](O)[C@H]2O)O[C@H]1O. The van der Waals surface area contributed by atoms with E-state index in [0.717, 1.165) is 41.5 Å². The number of hydrogen-bond acceptors (Lipinski definition) is 57. The molecule has 0 radical (unpaired) electrons. The molecule has 6 amide bonds. The van der Waals surface area contributed by atoms with Gasteiger partial charge in [0.05, 0.1) is 84.3 Å². The van der Waals surface area contributed by atoms with Gasteiger partial charge in [-0.05, 0) is 6.92 Å². The standard InChI is InChI=1S/C81H134N6O58/c1-19-43(104)55(116)58(119)75(127-19)125-18-36-64(51(112)38(70(122)128-36)83-21(3)97)138-72-40(85-23(5)99)53(114)62(33(15-94)133-72)139-76-59(120)66(49(110)35(136-76)17-126-78-68(56(117)46(107)29(11-90)131-78)142-73-41(86-24(6)100)52(113)61(32(14-93)134-73)137-71-39(84-22(4)98)50(111)45(106)28(10-89)129-71)141-79-69(57(118)47(108)30(12-91)132-79)143-74-42(87-25(7)101)54(115)63(34(16-95)135-74)140-77-60(121)67(48(109)31(13-92)130-77)145-81(80(123)124)8-26(102)37(82-20(2)96)65(144-81)44(105)27(103)9-88/h19,26-79,88-95,102-122H,8-18H2,1-7H3,(H,82,96)(H,83,97)(H,84,98)(H,85,99)(H,86,100)(H,87,101)(H,123,124)/t19-,26+,27-,28-,29-,30-,31-,32-,33-,34-,35-,36-,37-,38-,39-,40-,41-,42-,43+,44-,45+,46-,47-,48+,49-,50-,51-,52-,53-,54-,55+,56+,57+,58-,59+,60-,61-,62-,63-,64-,65-,66+,67+,68+,69+,70-,71+,72+,73+,74+,75+,76+,77+,78+,79-,81+/m1/s1. The second kappa shape index (κ2) is 51.8. The Morgan fingerprint density at radius 2 is 0.614 bits per heavy atom. The van der Waals surface area contributed by atoms with Crippen molar-refractivity contribution in [1.82, 2.24) is 31.9 Å². The topological polar surface area (TPSA) is 992 Å². The van der Waals surface area contributed by atoms with Gasteiger partial charge < -0.3 is 285 Å². The molecule has 0 unspecified atom stereocenters. The Bertz CT molecular complexity index is 4150. The summed E-state index contributed by atoms with van der Waals surface area (Å²) in [5, 5.41) is 354. The van der Waals surface area contributed by atoms with Crippen LogP contribution < -0.4 is 31.9 Å². The highest BCUT2D eigenvalue weighted by atomic mass is 16.8. The van der Waals surface area contributed by atoms with Crippen LogP contribution in [0.5, 0.6) is 0 Å². The predicted octanol–water partition coefficient (Wildman–Crippen LogP) is -23.9. The normalized spacial score (nSPS) is 47.2.